The van der Waals surface area contributed by atoms with Crippen LogP contribution in [0.1, 0.15) is 10.4 Å². The molecule has 4 heteroatoms. The number of ether oxygens (including phenoxy) is 1. The Morgan fingerprint density at radius 1 is 1.05 bits per heavy atom. The quantitative estimate of drug-likeness (QED) is 0.742. The van der Waals surface area contributed by atoms with Gasteiger partial charge in [-0.1, -0.05) is 30.3 Å². The van der Waals surface area contributed by atoms with Crippen LogP contribution >= 0.6 is 27.3 Å². The lowest BCUT2D eigenvalue weighted by Gasteiger charge is -2.09. The maximum absolute atomic E-state index is 5.94. The zero-order valence-electron chi connectivity index (χ0n) is 10.8. The summed E-state index contributed by atoms with van der Waals surface area (Å²) in [6.07, 6.45) is 0. The Morgan fingerprint density at radius 2 is 1.80 bits per heavy atom. The Labute approximate surface area is 130 Å². The van der Waals surface area contributed by atoms with E-state index in [9.17, 15) is 0 Å². The van der Waals surface area contributed by atoms with Gasteiger partial charge < -0.3 is 10.5 Å². The van der Waals surface area contributed by atoms with Crippen LogP contribution in [0.4, 0.5) is 0 Å². The Hall–Kier alpha value is -1.36. The molecule has 0 amide bonds. The van der Waals surface area contributed by atoms with Crippen molar-refractivity contribution in [3.8, 4) is 5.75 Å². The Balaban J connectivity index is 1.92. The Bertz CT molecular complexity index is 738. The molecule has 0 aliphatic heterocycles. The topological polar surface area (TPSA) is 35.2 Å². The summed E-state index contributed by atoms with van der Waals surface area (Å²) >= 11 is 5.25. The van der Waals surface area contributed by atoms with Gasteiger partial charge in [0.25, 0.3) is 0 Å². The van der Waals surface area contributed by atoms with Gasteiger partial charge in [-0.15, -0.1) is 11.3 Å². The minimum absolute atomic E-state index is 0.541. The normalized spacial score (nSPS) is 10.9. The molecule has 0 aliphatic carbocycles. The van der Waals surface area contributed by atoms with Gasteiger partial charge in [-0.3, -0.25) is 0 Å². The van der Waals surface area contributed by atoms with Crippen LogP contribution in [0.2, 0.25) is 0 Å². The highest BCUT2D eigenvalue weighted by Crippen LogP contribution is 2.33. The van der Waals surface area contributed by atoms with E-state index < -0.39 is 0 Å². The molecule has 0 bridgehead atoms. The van der Waals surface area contributed by atoms with Gasteiger partial charge >= 0.3 is 0 Å². The van der Waals surface area contributed by atoms with Gasteiger partial charge in [0.05, 0.1) is 4.47 Å². The third-order valence-electron chi connectivity index (χ3n) is 3.18. The molecule has 102 valence electrons. The number of benzene rings is 2. The highest BCUT2D eigenvalue weighted by molar-refractivity contribution is 9.10. The van der Waals surface area contributed by atoms with Gasteiger partial charge in [0.15, 0.2) is 0 Å². The van der Waals surface area contributed by atoms with Crippen LogP contribution in [0.15, 0.2) is 53.0 Å². The lowest BCUT2D eigenvalue weighted by molar-refractivity contribution is 0.305. The van der Waals surface area contributed by atoms with Crippen molar-refractivity contribution >= 4 is 37.4 Å². The van der Waals surface area contributed by atoms with E-state index in [0.29, 0.717) is 13.2 Å². The molecule has 0 saturated heterocycles. The first-order chi connectivity index (χ1) is 9.79. The number of para-hydroxylation sites is 1. The van der Waals surface area contributed by atoms with Crippen molar-refractivity contribution in [2.75, 3.05) is 0 Å². The first kappa shape index (κ1) is 13.6. The molecule has 3 rings (SSSR count). The molecule has 0 aliphatic rings. The van der Waals surface area contributed by atoms with Gasteiger partial charge in [0, 0.05) is 21.7 Å². The van der Waals surface area contributed by atoms with E-state index in [0.717, 1.165) is 10.2 Å². The molecule has 3 aromatic rings. The van der Waals surface area contributed by atoms with E-state index in [1.54, 1.807) is 11.3 Å². The number of rotatable bonds is 4. The fourth-order valence-electron chi connectivity index (χ4n) is 2.18. The van der Waals surface area contributed by atoms with Crippen molar-refractivity contribution in [3.63, 3.8) is 0 Å². The lowest BCUT2D eigenvalue weighted by atomic mass is 10.1. The molecule has 0 atom stereocenters. The molecule has 0 spiro atoms. The number of fused-ring (bicyclic) bond motifs is 1. The summed E-state index contributed by atoms with van der Waals surface area (Å²) in [5.74, 6) is 0.853. The summed E-state index contributed by atoms with van der Waals surface area (Å²) in [5, 5.41) is 1.24. The third kappa shape index (κ3) is 2.59. The van der Waals surface area contributed by atoms with Crippen molar-refractivity contribution in [2.24, 2.45) is 5.73 Å². The molecule has 20 heavy (non-hydrogen) atoms. The van der Waals surface area contributed by atoms with E-state index in [2.05, 4.69) is 40.2 Å². The van der Waals surface area contributed by atoms with Crippen molar-refractivity contribution in [2.45, 2.75) is 13.2 Å². The number of nitrogens with two attached hydrogens (primary N) is 1. The summed E-state index contributed by atoms with van der Waals surface area (Å²) in [5.41, 5.74) is 7.06. The Morgan fingerprint density at radius 3 is 2.60 bits per heavy atom. The zero-order valence-corrected chi connectivity index (χ0v) is 13.2. The molecular formula is C16H14BrNOS. The average Bonchev–Trinajstić information content (AvgIpc) is 2.84. The number of hydrogen-bond donors (Lipinski definition) is 1. The van der Waals surface area contributed by atoms with Crippen LogP contribution in [-0.2, 0) is 13.2 Å². The van der Waals surface area contributed by atoms with Crippen molar-refractivity contribution in [1.82, 2.24) is 0 Å². The maximum atomic E-state index is 5.94. The molecular weight excluding hydrogens is 334 g/mol. The predicted octanol–water partition coefficient (Wildman–Crippen LogP) is 4.70. The van der Waals surface area contributed by atoms with Gasteiger partial charge in [-0.25, -0.2) is 0 Å². The molecule has 2 aromatic carbocycles. The highest BCUT2D eigenvalue weighted by Gasteiger charge is 2.11. The van der Waals surface area contributed by atoms with Gasteiger partial charge in [-0.2, -0.15) is 0 Å². The number of thiophene rings is 1. The molecule has 0 unspecified atom stereocenters. The fraction of sp³-hybridized carbons (Fsp3) is 0.125. The molecule has 0 saturated carbocycles. The molecule has 0 radical (unpaired) electrons. The zero-order chi connectivity index (χ0) is 13.9. The van der Waals surface area contributed by atoms with Crippen molar-refractivity contribution in [1.29, 1.82) is 0 Å². The molecule has 2 N–H and O–H groups in total. The standard InChI is InChI=1S/C16H14BrNOS/c17-13-6-2-3-7-14(13)19-10-12-11-5-1-4-8-15(11)20-16(12)9-18/h1-8H,9-10,18H2. The second kappa shape index (κ2) is 5.95. The SMILES string of the molecule is NCc1sc2ccccc2c1COc1ccccc1Br. The maximum Gasteiger partial charge on any atom is 0.133 e. The highest BCUT2D eigenvalue weighted by atomic mass is 79.9. The van der Waals surface area contributed by atoms with E-state index in [-0.39, 0.29) is 0 Å². The molecule has 1 heterocycles. The largest absolute Gasteiger partial charge is 0.488 e. The van der Waals surface area contributed by atoms with Crippen LogP contribution in [0.5, 0.6) is 5.75 Å². The Kier molecular flexibility index (Phi) is 4.05. The second-order valence-corrected chi connectivity index (χ2v) is 6.41. The van der Waals surface area contributed by atoms with Crippen molar-refractivity contribution < 1.29 is 4.74 Å². The molecule has 1 aromatic heterocycles. The summed E-state index contributed by atoms with van der Waals surface area (Å²) in [6, 6.07) is 16.2. The summed E-state index contributed by atoms with van der Waals surface area (Å²) in [7, 11) is 0. The minimum Gasteiger partial charge on any atom is -0.488 e. The number of halogens is 1. The summed E-state index contributed by atoms with van der Waals surface area (Å²) in [6.45, 7) is 1.09. The predicted molar refractivity (Wildman–Crippen MR) is 88.2 cm³/mol. The van der Waals surface area contributed by atoms with E-state index in [1.807, 2.05) is 24.3 Å². The van der Waals surface area contributed by atoms with Gasteiger partial charge in [0.1, 0.15) is 12.4 Å². The smallest absolute Gasteiger partial charge is 0.133 e. The van der Waals surface area contributed by atoms with Crippen LogP contribution in [0.25, 0.3) is 10.1 Å². The first-order valence-electron chi connectivity index (χ1n) is 6.36. The molecule has 2 nitrogen and oxygen atoms in total. The van der Waals surface area contributed by atoms with E-state index >= 15 is 0 Å². The van der Waals surface area contributed by atoms with Crippen LogP contribution in [0.3, 0.4) is 0 Å². The van der Waals surface area contributed by atoms with Crippen LogP contribution in [-0.4, -0.2) is 0 Å². The minimum atomic E-state index is 0.541. The third-order valence-corrected chi connectivity index (χ3v) is 5.07. The van der Waals surface area contributed by atoms with Gasteiger partial charge in [0.2, 0.25) is 0 Å². The van der Waals surface area contributed by atoms with Crippen LogP contribution < -0.4 is 10.5 Å². The first-order valence-corrected chi connectivity index (χ1v) is 7.97. The van der Waals surface area contributed by atoms with E-state index in [1.165, 1.54) is 20.5 Å². The monoisotopic (exact) mass is 347 g/mol. The summed E-state index contributed by atoms with van der Waals surface area (Å²) < 4.78 is 8.17. The van der Waals surface area contributed by atoms with Crippen LogP contribution in [0, 0.1) is 0 Å². The fourth-order valence-corrected chi connectivity index (χ4v) is 3.67. The van der Waals surface area contributed by atoms with Gasteiger partial charge in [-0.05, 0) is 39.5 Å². The summed E-state index contributed by atoms with van der Waals surface area (Å²) in [4.78, 5) is 1.19. The second-order valence-electron chi connectivity index (χ2n) is 4.42. The average molecular weight is 348 g/mol. The lowest BCUT2D eigenvalue weighted by Crippen LogP contribution is -2.02. The molecule has 0 fully saturated rings. The van der Waals surface area contributed by atoms with Crippen molar-refractivity contribution in [3.05, 3.63) is 63.4 Å². The number of hydrogen-bond acceptors (Lipinski definition) is 3. The van der Waals surface area contributed by atoms with E-state index in [4.69, 9.17) is 10.5 Å².